The summed E-state index contributed by atoms with van der Waals surface area (Å²) in [4.78, 5) is 4.06. The van der Waals surface area contributed by atoms with E-state index in [-0.39, 0.29) is 0 Å². The van der Waals surface area contributed by atoms with Gasteiger partial charge in [0.25, 0.3) is 0 Å². The van der Waals surface area contributed by atoms with Crippen LogP contribution in [0.3, 0.4) is 0 Å². The Hall–Kier alpha value is -0.950. The third kappa shape index (κ3) is 5.78. The molecule has 1 heterocycles. The van der Waals surface area contributed by atoms with E-state index in [0.29, 0.717) is 5.92 Å². The first-order chi connectivity index (χ1) is 7.68. The van der Waals surface area contributed by atoms with E-state index < -0.39 is 15.6 Å². The number of hydrogen-bond donors (Lipinski definition) is 2. The van der Waals surface area contributed by atoms with Crippen molar-refractivity contribution in [1.29, 1.82) is 0 Å². The van der Waals surface area contributed by atoms with E-state index in [1.165, 1.54) is 12.6 Å². The maximum atomic E-state index is 11.2. The van der Waals surface area contributed by atoms with E-state index in [0.717, 1.165) is 18.7 Å². The van der Waals surface area contributed by atoms with Crippen LogP contribution in [-0.2, 0) is 16.4 Å². The molecule has 0 aliphatic rings. The van der Waals surface area contributed by atoms with Gasteiger partial charge in [-0.2, -0.15) is 5.10 Å². The van der Waals surface area contributed by atoms with E-state index in [2.05, 4.69) is 26.8 Å². The van der Waals surface area contributed by atoms with Crippen LogP contribution in [0.25, 0.3) is 0 Å². The van der Waals surface area contributed by atoms with Crippen molar-refractivity contribution < 1.29 is 8.42 Å². The highest BCUT2D eigenvalue weighted by Gasteiger charge is 2.24. The predicted octanol–water partition coefficient (Wildman–Crippen LogP) is 0.701. The molecule has 0 spiro atoms. The zero-order valence-electron chi connectivity index (χ0n) is 10.7. The lowest BCUT2D eigenvalue weighted by molar-refractivity contribution is 0.346. The standard InChI is InChI=1S/C10H20N4O2S/c1-8(5-9-11-7-12-13-9)6-10(2,3)14-17(4,15)16/h7-8,14H,5-6H2,1-4H3,(H,11,12,13). The third-order valence-corrected chi connectivity index (χ3v) is 3.25. The van der Waals surface area contributed by atoms with Crippen molar-refractivity contribution in [2.75, 3.05) is 6.26 Å². The van der Waals surface area contributed by atoms with Crippen molar-refractivity contribution in [2.45, 2.75) is 39.2 Å². The Balaban J connectivity index is 2.52. The minimum absolute atomic E-state index is 0.312. The Morgan fingerprint density at radius 3 is 2.65 bits per heavy atom. The zero-order valence-corrected chi connectivity index (χ0v) is 11.5. The maximum absolute atomic E-state index is 11.2. The molecular weight excluding hydrogens is 240 g/mol. The number of aromatic amines is 1. The molecule has 1 atom stereocenters. The lowest BCUT2D eigenvalue weighted by Crippen LogP contribution is -2.44. The summed E-state index contributed by atoms with van der Waals surface area (Å²) in [6.45, 7) is 5.82. The fraction of sp³-hybridized carbons (Fsp3) is 0.800. The molecule has 1 unspecified atom stereocenters. The van der Waals surface area contributed by atoms with Gasteiger partial charge in [0.1, 0.15) is 12.2 Å². The molecule has 7 heteroatoms. The van der Waals surface area contributed by atoms with Gasteiger partial charge >= 0.3 is 0 Å². The molecule has 1 rings (SSSR count). The van der Waals surface area contributed by atoms with E-state index in [1.54, 1.807) is 0 Å². The molecule has 0 aliphatic heterocycles. The van der Waals surface area contributed by atoms with Crippen LogP contribution in [0.2, 0.25) is 0 Å². The number of H-pyrrole nitrogens is 1. The molecule has 0 saturated heterocycles. The molecule has 6 nitrogen and oxygen atoms in total. The van der Waals surface area contributed by atoms with Crippen molar-refractivity contribution in [3.8, 4) is 0 Å². The second kappa shape index (κ2) is 5.14. The van der Waals surface area contributed by atoms with Gasteiger partial charge in [0.2, 0.25) is 10.0 Å². The highest BCUT2D eigenvalue weighted by Crippen LogP contribution is 2.19. The number of rotatable bonds is 6. The van der Waals surface area contributed by atoms with Crippen molar-refractivity contribution in [2.24, 2.45) is 5.92 Å². The van der Waals surface area contributed by atoms with Crippen LogP contribution in [-0.4, -0.2) is 35.4 Å². The van der Waals surface area contributed by atoms with Gasteiger partial charge in [-0.1, -0.05) is 6.92 Å². The highest BCUT2D eigenvalue weighted by molar-refractivity contribution is 7.88. The average molecular weight is 260 g/mol. The lowest BCUT2D eigenvalue weighted by Gasteiger charge is -2.28. The van der Waals surface area contributed by atoms with Crippen LogP contribution in [0.15, 0.2) is 6.33 Å². The Bertz CT molecular complexity index is 439. The molecule has 0 aromatic carbocycles. The molecule has 0 saturated carbocycles. The van der Waals surface area contributed by atoms with Gasteiger partial charge in [0.15, 0.2) is 0 Å². The molecule has 0 amide bonds. The van der Waals surface area contributed by atoms with Gasteiger partial charge in [-0.15, -0.1) is 0 Å². The van der Waals surface area contributed by atoms with Crippen LogP contribution in [0, 0.1) is 5.92 Å². The summed E-state index contributed by atoms with van der Waals surface area (Å²) < 4.78 is 25.0. The van der Waals surface area contributed by atoms with E-state index in [9.17, 15) is 8.42 Å². The van der Waals surface area contributed by atoms with Gasteiger partial charge < -0.3 is 0 Å². The summed E-state index contributed by atoms with van der Waals surface area (Å²) in [7, 11) is -3.18. The van der Waals surface area contributed by atoms with E-state index in [4.69, 9.17) is 0 Å². The molecule has 1 aromatic heterocycles. The van der Waals surface area contributed by atoms with Crippen molar-refractivity contribution in [3.05, 3.63) is 12.2 Å². The van der Waals surface area contributed by atoms with Gasteiger partial charge in [-0.25, -0.2) is 18.1 Å². The van der Waals surface area contributed by atoms with Crippen LogP contribution >= 0.6 is 0 Å². The van der Waals surface area contributed by atoms with Crippen LogP contribution in [0.1, 0.15) is 33.0 Å². The second-order valence-electron chi connectivity index (χ2n) is 5.20. The topological polar surface area (TPSA) is 87.7 Å². The molecule has 0 radical (unpaired) electrons. The van der Waals surface area contributed by atoms with Gasteiger partial charge in [-0.3, -0.25) is 5.10 Å². The minimum atomic E-state index is -3.18. The molecule has 2 N–H and O–H groups in total. The molecule has 1 aromatic rings. The summed E-state index contributed by atoms with van der Waals surface area (Å²) in [5.41, 5.74) is -0.451. The smallest absolute Gasteiger partial charge is 0.209 e. The first-order valence-corrected chi connectivity index (χ1v) is 7.40. The molecular formula is C10H20N4O2S. The quantitative estimate of drug-likeness (QED) is 0.788. The average Bonchev–Trinajstić information content (AvgIpc) is 2.49. The number of hydrogen-bond acceptors (Lipinski definition) is 4. The largest absolute Gasteiger partial charge is 0.263 e. The molecule has 0 fully saturated rings. The second-order valence-corrected chi connectivity index (χ2v) is 6.95. The molecule has 0 aliphatic carbocycles. The number of nitrogens with zero attached hydrogens (tertiary/aromatic N) is 2. The number of sulfonamides is 1. The van der Waals surface area contributed by atoms with Crippen LogP contribution in [0.5, 0.6) is 0 Å². The van der Waals surface area contributed by atoms with Gasteiger partial charge in [0, 0.05) is 12.0 Å². The Kier molecular flexibility index (Phi) is 4.26. The highest BCUT2D eigenvalue weighted by atomic mass is 32.2. The summed E-state index contributed by atoms with van der Waals surface area (Å²) in [5, 5.41) is 6.59. The number of aromatic nitrogens is 3. The molecule has 98 valence electrons. The van der Waals surface area contributed by atoms with Crippen molar-refractivity contribution in [1.82, 2.24) is 19.9 Å². The molecule has 17 heavy (non-hydrogen) atoms. The maximum Gasteiger partial charge on any atom is 0.209 e. The van der Waals surface area contributed by atoms with Crippen molar-refractivity contribution >= 4 is 10.0 Å². The zero-order chi connectivity index (χ0) is 13.1. The summed E-state index contributed by atoms with van der Waals surface area (Å²) in [5.74, 6) is 1.14. The number of nitrogens with one attached hydrogen (secondary N) is 2. The SMILES string of the molecule is CC(Cc1ncn[nH]1)CC(C)(C)NS(C)(=O)=O. The van der Waals surface area contributed by atoms with Gasteiger partial charge in [0.05, 0.1) is 6.26 Å². The Labute approximate surface area is 102 Å². The van der Waals surface area contributed by atoms with E-state index >= 15 is 0 Å². The first-order valence-electron chi connectivity index (χ1n) is 5.51. The predicted molar refractivity (Wildman–Crippen MR) is 65.9 cm³/mol. The van der Waals surface area contributed by atoms with E-state index in [1.807, 2.05) is 13.8 Å². The summed E-state index contributed by atoms with van der Waals surface area (Å²) >= 11 is 0. The van der Waals surface area contributed by atoms with Crippen LogP contribution in [0.4, 0.5) is 0 Å². The summed E-state index contributed by atoms with van der Waals surface area (Å²) in [6.07, 6.45) is 4.15. The first kappa shape index (κ1) is 14.1. The third-order valence-electron chi connectivity index (χ3n) is 2.33. The fourth-order valence-corrected chi connectivity index (χ4v) is 3.23. The minimum Gasteiger partial charge on any atom is -0.263 e. The monoisotopic (exact) mass is 260 g/mol. The Morgan fingerprint density at radius 2 is 2.18 bits per heavy atom. The van der Waals surface area contributed by atoms with Gasteiger partial charge in [-0.05, 0) is 26.2 Å². The normalized spacial score (nSPS) is 14.8. The summed E-state index contributed by atoms with van der Waals surface area (Å²) in [6, 6.07) is 0. The van der Waals surface area contributed by atoms with Crippen LogP contribution < -0.4 is 4.72 Å². The lowest BCUT2D eigenvalue weighted by atomic mass is 9.90. The fourth-order valence-electron chi connectivity index (χ4n) is 2.15. The van der Waals surface area contributed by atoms with Crippen molar-refractivity contribution in [3.63, 3.8) is 0 Å². The molecule has 0 bridgehead atoms. The Morgan fingerprint density at radius 1 is 1.53 bits per heavy atom.